The fraction of sp³-hybridized carbons (Fsp3) is 0.357. The first kappa shape index (κ1) is 14.8. The SMILES string of the molecule is CC(C)Cn1c(-c2ccc(C(F)(F)F)cc2)csc1=O. The summed E-state index contributed by atoms with van der Waals surface area (Å²) in [7, 11) is 0. The van der Waals surface area contributed by atoms with Gasteiger partial charge < -0.3 is 0 Å². The Morgan fingerprint density at radius 2 is 1.80 bits per heavy atom. The summed E-state index contributed by atoms with van der Waals surface area (Å²) in [4.78, 5) is 11.7. The zero-order chi connectivity index (χ0) is 14.9. The van der Waals surface area contributed by atoms with Gasteiger partial charge >= 0.3 is 11.0 Å². The Balaban J connectivity index is 2.40. The highest BCUT2D eigenvalue weighted by Gasteiger charge is 2.30. The van der Waals surface area contributed by atoms with Crippen molar-refractivity contribution >= 4 is 11.3 Å². The van der Waals surface area contributed by atoms with Crippen molar-refractivity contribution in [2.24, 2.45) is 5.92 Å². The Bertz CT molecular complexity index is 638. The van der Waals surface area contributed by atoms with E-state index in [0.29, 0.717) is 17.8 Å². The van der Waals surface area contributed by atoms with Gasteiger partial charge in [-0.25, -0.2) is 0 Å². The van der Waals surface area contributed by atoms with Gasteiger partial charge in [-0.15, -0.1) is 0 Å². The number of aromatic nitrogens is 1. The fourth-order valence-corrected chi connectivity index (χ4v) is 2.70. The fourth-order valence-electron chi connectivity index (χ4n) is 1.92. The Morgan fingerprint density at radius 1 is 1.20 bits per heavy atom. The lowest BCUT2D eigenvalue weighted by Crippen LogP contribution is -2.17. The number of benzene rings is 1. The average molecular weight is 301 g/mol. The van der Waals surface area contributed by atoms with E-state index >= 15 is 0 Å². The minimum absolute atomic E-state index is 0.0893. The summed E-state index contributed by atoms with van der Waals surface area (Å²) in [6.45, 7) is 4.53. The second-order valence-corrected chi connectivity index (χ2v) is 5.79. The number of rotatable bonds is 3. The van der Waals surface area contributed by atoms with Crippen molar-refractivity contribution in [3.63, 3.8) is 0 Å². The largest absolute Gasteiger partial charge is 0.416 e. The van der Waals surface area contributed by atoms with E-state index in [9.17, 15) is 18.0 Å². The molecule has 0 N–H and O–H groups in total. The summed E-state index contributed by atoms with van der Waals surface area (Å²) < 4.78 is 39.2. The molecule has 108 valence electrons. The zero-order valence-electron chi connectivity index (χ0n) is 11.1. The van der Waals surface area contributed by atoms with Crippen molar-refractivity contribution in [3.05, 3.63) is 44.9 Å². The Kier molecular flexibility index (Phi) is 4.04. The van der Waals surface area contributed by atoms with Gasteiger partial charge in [0.15, 0.2) is 0 Å². The summed E-state index contributed by atoms with van der Waals surface area (Å²) in [5, 5.41) is 1.69. The first-order valence-corrected chi connectivity index (χ1v) is 7.03. The predicted octanol–water partition coefficient (Wildman–Crippen LogP) is 4.25. The molecule has 1 aromatic carbocycles. The molecule has 0 saturated heterocycles. The number of halogens is 3. The maximum absolute atomic E-state index is 12.5. The van der Waals surface area contributed by atoms with Crippen LogP contribution in [0.2, 0.25) is 0 Å². The maximum atomic E-state index is 12.5. The van der Waals surface area contributed by atoms with E-state index in [2.05, 4.69) is 0 Å². The zero-order valence-corrected chi connectivity index (χ0v) is 11.9. The molecule has 6 heteroatoms. The molecular formula is C14H14F3NOS. The van der Waals surface area contributed by atoms with Gasteiger partial charge in [-0.05, 0) is 23.6 Å². The summed E-state index contributed by atoms with van der Waals surface area (Å²) in [5.41, 5.74) is 0.605. The molecule has 0 unspecified atom stereocenters. The van der Waals surface area contributed by atoms with Crippen LogP contribution in [0.5, 0.6) is 0 Å². The summed E-state index contributed by atoms with van der Waals surface area (Å²) in [5.74, 6) is 0.287. The van der Waals surface area contributed by atoms with Crippen LogP contribution in [0.4, 0.5) is 13.2 Å². The molecular weight excluding hydrogens is 287 g/mol. The molecule has 0 atom stereocenters. The van der Waals surface area contributed by atoms with Crippen LogP contribution in [-0.2, 0) is 12.7 Å². The number of nitrogens with zero attached hydrogens (tertiary/aromatic N) is 1. The van der Waals surface area contributed by atoms with E-state index in [-0.39, 0.29) is 10.8 Å². The molecule has 0 radical (unpaired) electrons. The quantitative estimate of drug-likeness (QED) is 0.830. The van der Waals surface area contributed by atoms with E-state index < -0.39 is 11.7 Å². The molecule has 0 saturated carbocycles. The molecule has 2 rings (SSSR count). The van der Waals surface area contributed by atoms with E-state index in [1.165, 1.54) is 12.1 Å². The van der Waals surface area contributed by atoms with Crippen LogP contribution in [0.25, 0.3) is 11.3 Å². The molecule has 0 aliphatic carbocycles. The molecule has 0 amide bonds. The number of thiazole rings is 1. The summed E-state index contributed by atoms with van der Waals surface area (Å²) in [6.07, 6.45) is -4.34. The third-order valence-corrected chi connectivity index (χ3v) is 3.60. The molecule has 1 heterocycles. The van der Waals surface area contributed by atoms with Crippen LogP contribution in [0.1, 0.15) is 19.4 Å². The van der Waals surface area contributed by atoms with Gasteiger partial charge in [-0.3, -0.25) is 9.36 Å². The number of hydrogen-bond acceptors (Lipinski definition) is 2. The minimum atomic E-state index is -4.34. The lowest BCUT2D eigenvalue weighted by molar-refractivity contribution is -0.137. The monoisotopic (exact) mass is 301 g/mol. The predicted molar refractivity (Wildman–Crippen MR) is 73.9 cm³/mol. The van der Waals surface area contributed by atoms with Gasteiger partial charge in [0.2, 0.25) is 0 Å². The van der Waals surface area contributed by atoms with Gasteiger partial charge in [0.25, 0.3) is 0 Å². The number of alkyl halides is 3. The third-order valence-electron chi connectivity index (χ3n) is 2.84. The topological polar surface area (TPSA) is 22.0 Å². The third kappa shape index (κ3) is 3.12. The van der Waals surface area contributed by atoms with E-state index in [0.717, 1.165) is 23.5 Å². The molecule has 0 spiro atoms. The first-order chi connectivity index (χ1) is 9.29. The van der Waals surface area contributed by atoms with Gasteiger partial charge in [0, 0.05) is 11.9 Å². The van der Waals surface area contributed by atoms with Crippen LogP contribution in [0, 0.1) is 5.92 Å². The lowest BCUT2D eigenvalue weighted by atomic mass is 10.1. The first-order valence-electron chi connectivity index (χ1n) is 6.15. The Labute approximate surface area is 118 Å². The second kappa shape index (κ2) is 5.44. The standard InChI is InChI=1S/C14H14F3NOS/c1-9(2)7-18-12(8-20-13(18)19)10-3-5-11(6-4-10)14(15,16)17/h3-6,8-9H,7H2,1-2H3. The van der Waals surface area contributed by atoms with Crippen LogP contribution in [0.3, 0.4) is 0 Å². The summed E-state index contributed by atoms with van der Waals surface area (Å²) >= 11 is 1.06. The van der Waals surface area contributed by atoms with E-state index in [1.54, 1.807) is 9.95 Å². The van der Waals surface area contributed by atoms with Crippen molar-refractivity contribution in [2.45, 2.75) is 26.6 Å². The molecule has 1 aromatic heterocycles. The van der Waals surface area contributed by atoms with Crippen LogP contribution < -0.4 is 4.87 Å². The smallest absolute Gasteiger partial charge is 0.298 e. The van der Waals surface area contributed by atoms with Crippen molar-refractivity contribution in [2.75, 3.05) is 0 Å². The molecule has 2 nitrogen and oxygen atoms in total. The van der Waals surface area contributed by atoms with Crippen LogP contribution in [-0.4, -0.2) is 4.57 Å². The van der Waals surface area contributed by atoms with Gasteiger partial charge in [0.1, 0.15) is 0 Å². The maximum Gasteiger partial charge on any atom is 0.416 e. The summed E-state index contributed by atoms with van der Waals surface area (Å²) in [6, 6.07) is 4.89. The van der Waals surface area contributed by atoms with Crippen molar-refractivity contribution in [1.29, 1.82) is 0 Å². The lowest BCUT2D eigenvalue weighted by Gasteiger charge is -2.11. The minimum Gasteiger partial charge on any atom is -0.298 e. The Morgan fingerprint density at radius 3 is 2.30 bits per heavy atom. The van der Waals surface area contributed by atoms with Crippen molar-refractivity contribution in [3.8, 4) is 11.3 Å². The van der Waals surface area contributed by atoms with E-state index in [4.69, 9.17) is 0 Å². The van der Waals surface area contributed by atoms with Gasteiger partial charge in [-0.1, -0.05) is 37.3 Å². The molecule has 0 fully saturated rings. The van der Waals surface area contributed by atoms with Crippen LogP contribution in [0.15, 0.2) is 34.4 Å². The molecule has 0 aliphatic rings. The van der Waals surface area contributed by atoms with E-state index in [1.807, 2.05) is 13.8 Å². The number of hydrogen-bond donors (Lipinski definition) is 0. The Hall–Kier alpha value is -1.56. The highest BCUT2D eigenvalue weighted by molar-refractivity contribution is 7.07. The average Bonchev–Trinajstić information content (AvgIpc) is 2.70. The van der Waals surface area contributed by atoms with Crippen molar-refractivity contribution in [1.82, 2.24) is 4.57 Å². The second-order valence-electron chi connectivity index (χ2n) is 4.97. The van der Waals surface area contributed by atoms with Gasteiger partial charge in [0.05, 0.1) is 11.3 Å². The molecule has 2 aromatic rings. The van der Waals surface area contributed by atoms with Crippen LogP contribution >= 0.6 is 11.3 Å². The van der Waals surface area contributed by atoms with Crippen molar-refractivity contribution < 1.29 is 13.2 Å². The molecule has 0 aliphatic heterocycles. The highest BCUT2D eigenvalue weighted by Crippen LogP contribution is 2.31. The normalized spacial score (nSPS) is 12.1. The van der Waals surface area contributed by atoms with Gasteiger partial charge in [-0.2, -0.15) is 13.2 Å². The molecule has 0 bridgehead atoms. The highest BCUT2D eigenvalue weighted by atomic mass is 32.1. The molecule has 20 heavy (non-hydrogen) atoms.